The van der Waals surface area contributed by atoms with Gasteiger partial charge in [-0.3, -0.25) is 4.79 Å². The topological polar surface area (TPSA) is 46.5 Å². The summed E-state index contributed by atoms with van der Waals surface area (Å²) >= 11 is 0. The van der Waals surface area contributed by atoms with Gasteiger partial charge in [-0.05, 0) is 67.6 Å². The van der Waals surface area contributed by atoms with Crippen LogP contribution in [0.2, 0.25) is 0 Å². The van der Waals surface area contributed by atoms with Gasteiger partial charge in [0.15, 0.2) is 0 Å². The van der Waals surface area contributed by atoms with Gasteiger partial charge in [0.1, 0.15) is 5.75 Å². The molecule has 152 valence electrons. The first-order valence-electron chi connectivity index (χ1n) is 10.9. The Morgan fingerprint density at radius 3 is 2.67 bits per heavy atom. The summed E-state index contributed by atoms with van der Waals surface area (Å²) < 4.78 is 6.23. The highest BCUT2D eigenvalue weighted by molar-refractivity contribution is 5.66. The van der Waals surface area contributed by atoms with Gasteiger partial charge in [-0.2, -0.15) is 0 Å². The molecule has 0 aliphatic carbocycles. The number of carbonyl (C=O) groups is 1. The van der Waals surface area contributed by atoms with Crippen LogP contribution >= 0.6 is 0 Å². The second kappa shape index (κ2) is 11.4. The van der Waals surface area contributed by atoms with Gasteiger partial charge in [0.05, 0.1) is 6.10 Å². The summed E-state index contributed by atoms with van der Waals surface area (Å²) in [4.78, 5) is 10.6. The average molecular weight is 375 g/mol. The first-order valence-corrected chi connectivity index (χ1v) is 10.9. The fourth-order valence-corrected chi connectivity index (χ4v) is 4.01. The third-order valence-electron chi connectivity index (χ3n) is 5.71. The summed E-state index contributed by atoms with van der Waals surface area (Å²) in [6, 6.07) is 6.40. The normalized spacial score (nSPS) is 17.4. The van der Waals surface area contributed by atoms with Gasteiger partial charge in [-0.15, -0.1) is 0 Å². The van der Waals surface area contributed by atoms with Crippen molar-refractivity contribution in [2.75, 3.05) is 0 Å². The van der Waals surface area contributed by atoms with Crippen LogP contribution in [0.25, 0.3) is 0 Å². The van der Waals surface area contributed by atoms with E-state index in [1.807, 2.05) is 0 Å². The number of carboxylic acid groups (broad SMARTS) is 1. The minimum atomic E-state index is -0.714. The molecule has 0 fully saturated rings. The first-order chi connectivity index (χ1) is 12.9. The number of carboxylic acids is 1. The Labute approximate surface area is 165 Å². The van der Waals surface area contributed by atoms with Crippen molar-refractivity contribution in [3.05, 3.63) is 29.3 Å². The van der Waals surface area contributed by atoms with Crippen LogP contribution < -0.4 is 4.74 Å². The largest absolute Gasteiger partial charge is 0.490 e. The van der Waals surface area contributed by atoms with Crippen LogP contribution in [0.3, 0.4) is 0 Å². The third kappa shape index (κ3) is 8.36. The molecule has 1 aromatic carbocycles. The van der Waals surface area contributed by atoms with Gasteiger partial charge < -0.3 is 9.84 Å². The molecule has 2 rings (SSSR count). The Kier molecular flexibility index (Phi) is 9.17. The summed E-state index contributed by atoms with van der Waals surface area (Å²) in [5, 5.41) is 8.76. The van der Waals surface area contributed by atoms with Crippen LogP contribution in [0.5, 0.6) is 5.75 Å². The zero-order valence-electron chi connectivity index (χ0n) is 17.5. The molecule has 2 atom stereocenters. The molecule has 1 aliphatic heterocycles. The minimum Gasteiger partial charge on any atom is -0.490 e. The van der Waals surface area contributed by atoms with E-state index in [0.717, 1.165) is 43.3 Å². The lowest BCUT2D eigenvalue weighted by Crippen LogP contribution is -2.22. The highest BCUT2D eigenvalue weighted by Gasteiger charge is 2.20. The van der Waals surface area contributed by atoms with Crippen molar-refractivity contribution in [3.63, 3.8) is 0 Å². The first kappa shape index (κ1) is 21.8. The third-order valence-corrected chi connectivity index (χ3v) is 5.71. The van der Waals surface area contributed by atoms with E-state index in [1.54, 1.807) is 0 Å². The summed E-state index contributed by atoms with van der Waals surface area (Å²) in [6.07, 6.45) is 12.1. The Hall–Kier alpha value is -1.51. The molecule has 0 bridgehead atoms. The standard InChI is InChI=1S/C24H38O3/c1-18(2)7-4-8-19(3)9-5-11-22-15-14-21-17-20(10-6-12-24(25)26)13-16-23(21)27-22/h13,16-19,22H,4-12,14-15H2,1-3H3,(H,25,26)/t19?,22-/m1/s1. The fourth-order valence-electron chi connectivity index (χ4n) is 4.01. The molecule has 1 heterocycles. The Balaban J connectivity index is 1.69. The average Bonchev–Trinajstić information content (AvgIpc) is 2.61. The number of ether oxygens (including phenoxy) is 1. The molecule has 27 heavy (non-hydrogen) atoms. The van der Waals surface area contributed by atoms with Crippen molar-refractivity contribution in [1.82, 2.24) is 0 Å². The van der Waals surface area contributed by atoms with Gasteiger partial charge >= 0.3 is 5.97 Å². The molecule has 0 spiro atoms. The van der Waals surface area contributed by atoms with Crippen molar-refractivity contribution >= 4 is 5.97 Å². The molecule has 3 heteroatoms. The maximum Gasteiger partial charge on any atom is 0.303 e. The number of rotatable bonds is 12. The molecule has 0 radical (unpaired) electrons. The highest BCUT2D eigenvalue weighted by Crippen LogP contribution is 2.31. The molecule has 1 aliphatic rings. The van der Waals surface area contributed by atoms with Crippen LogP contribution in [0.15, 0.2) is 18.2 Å². The molecule has 1 N–H and O–H groups in total. The van der Waals surface area contributed by atoms with E-state index in [2.05, 4.69) is 39.0 Å². The summed E-state index contributed by atoms with van der Waals surface area (Å²) in [5.74, 6) is 1.98. The van der Waals surface area contributed by atoms with Crippen molar-refractivity contribution in [2.45, 2.75) is 97.5 Å². The number of aryl methyl sites for hydroxylation is 2. The fraction of sp³-hybridized carbons (Fsp3) is 0.708. The number of aliphatic carboxylic acids is 1. The van der Waals surface area contributed by atoms with E-state index in [9.17, 15) is 4.79 Å². The smallest absolute Gasteiger partial charge is 0.303 e. The number of fused-ring (bicyclic) bond motifs is 1. The zero-order valence-corrected chi connectivity index (χ0v) is 17.5. The van der Waals surface area contributed by atoms with E-state index in [1.165, 1.54) is 43.2 Å². The lowest BCUT2D eigenvalue weighted by atomic mass is 9.92. The van der Waals surface area contributed by atoms with Crippen molar-refractivity contribution in [1.29, 1.82) is 0 Å². The maximum atomic E-state index is 10.6. The second-order valence-corrected chi connectivity index (χ2v) is 8.83. The Morgan fingerprint density at radius 1 is 1.15 bits per heavy atom. The summed E-state index contributed by atoms with van der Waals surface area (Å²) in [5.41, 5.74) is 2.52. The SMILES string of the molecule is CC(C)CCCC(C)CCC[C@@H]1CCc2cc(CCCC(=O)O)ccc2O1. The van der Waals surface area contributed by atoms with Crippen LogP contribution in [0.4, 0.5) is 0 Å². The summed E-state index contributed by atoms with van der Waals surface area (Å²) in [6.45, 7) is 7.01. The van der Waals surface area contributed by atoms with E-state index in [4.69, 9.17) is 9.84 Å². The van der Waals surface area contributed by atoms with E-state index in [0.29, 0.717) is 12.5 Å². The predicted molar refractivity (Wildman–Crippen MR) is 111 cm³/mol. The molecule has 0 amide bonds. The van der Waals surface area contributed by atoms with Crippen LogP contribution in [-0.4, -0.2) is 17.2 Å². The van der Waals surface area contributed by atoms with Crippen LogP contribution in [0.1, 0.15) is 89.7 Å². The molecule has 3 nitrogen and oxygen atoms in total. The van der Waals surface area contributed by atoms with E-state index in [-0.39, 0.29) is 6.42 Å². The molecule has 0 saturated heterocycles. The lowest BCUT2D eigenvalue weighted by Gasteiger charge is -2.27. The van der Waals surface area contributed by atoms with E-state index >= 15 is 0 Å². The van der Waals surface area contributed by atoms with Crippen molar-refractivity contribution < 1.29 is 14.6 Å². The zero-order chi connectivity index (χ0) is 19.6. The predicted octanol–water partition coefficient (Wildman–Crippen LogP) is 6.42. The molecule has 0 saturated carbocycles. The van der Waals surface area contributed by atoms with Gasteiger partial charge in [-0.1, -0.05) is 58.6 Å². The quantitative estimate of drug-likeness (QED) is 0.459. The van der Waals surface area contributed by atoms with Gasteiger partial charge in [0, 0.05) is 6.42 Å². The molecule has 1 unspecified atom stereocenters. The van der Waals surface area contributed by atoms with E-state index < -0.39 is 5.97 Å². The van der Waals surface area contributed by atoms with Gasteiger partial charge in [0.2, 0.25) is 0 Å². The van der Waals surface area contributed by atoms with Crippen LogP contribution in [-0.2, 0) is 17.6 Å². The second-order valence-electron chi connectivity index (χ2n) is 8.83. The van der Waals surface area contributed by atoms with Crippen LogP contribution in [0, 0.1) is 11.8 Å². The Bertz CT molecular complexity index is 579. The molecular formula is C24H38O3. The minimum absolute atomic E-state index is 0.242. The Morgan fingerprint density at radius 2 is 1.93 bits per heavy atom. The number of hydrogen-bond acceptors (Lipinski definition) is 2. The lowest BCUT2D eigenvalue weighted by molar-refractivity contribution is -0.137. The molecular weight excluding hydrogens is 336 g/mol. The van der Waals surface area contributed by atoms with Gasteiger partial charge in [-0.25, -0.2) is 0 Å². The number of hydrogen-bond donors (Lipinski definition) is 1. The van der Waals surface area contributed by atoms with Crippen molar-refractivity contribution in [2.24, 2.45) is 11.8 Å². The summed E-state index contributed by atoms with van der Waals surface area (Å²) in [7, 11) is 0. The highest BCUT2D eigenvalue weighted by atomic mass is 16.5. The maximum absolute atomic E-state index is 10.6. The van der Waals surface area contributed by atoms with Gasteiger partial charge in [0.25, 0.3) is 0 Å². The van der Waals surface area contributed by atoms with Crippen molar-refractivity contribution in [3.8, 4) is 5.75 Å². The monoisotopic (exact) mass is 374 g/mol. The molecule has 0 aromatic heterocycles. The molecule has 1 aromatic rings. The number of benzene rings is 1.